The Balaban J connectivity index is 2.62. The Morgan fingerprint density at radius 1 is 1.26 bits per heavy atom. The molecule has 0 unspecified atom stereocenters. The van der Waals surface area contributed by atoms with E-state index in [2.05, 4.69) is 5.32 Å². The fourth-order valence-corrected chi connectivity index (χ4v) is 2.39. The van der Waals surface area contributed by atoms with Crippen molar-refractivity contribution in [3.05, 3.63) is 41.7 Å². The van der Waals surface area contributed by atoms with Gasteiger partial charge >= 0.3 is 6.09 Å². The molecular weight excluding hydrogens is 321 g/mol. The van der Waals surface area contributed by atoms with Gasteiger partial charge in [0, 0.05) is 12.8 Å². The maximum atomic E-state index is 13.0. The van der Waals surface area contributed by atoms with Crippen LogP contribution in [-0.2, 0) is 21.0 Å². The minimum absolute atomic E-state index is 0.0131. The third-order valence-corrected chi connectivity index (χ3v) is 3.92. The van der Waals surface area contributed by atoms with Gasteiger partial charge in [0.05, 0.1) is 11.2 Å². The molecule has 23 heavy (non-hydrogen) atoms. The first kappa shape index (κ1) is 19.2. The molecule has 7 heteroatoms. The number of ether oxygens (including phenoxy) is 1. The lowest BCUT2D eigenvalue weighted by Crippen LogP contribution is -2.33. The zero-order chi connectivity index (χ0) is 17.7. The van der Waals surface area contributed by atoms with Gasteiger partial charge in [-0.15, -0.1) is 0 Å². The molecule has 0 fully saturated rings. The van der Waals surface area contributed by atoms with Crippen LogP contribution in [0.2, 0.25) is 0 Å². The van der Waals surface area contributed by atoms with Gasteiger partial charge in [-0.2, -0.15) is 0 Å². The van der Waals surface area contributed by atoms with Crippen LogP contribution in [0.25, 0.3) is 0 Å². The van der Waals surface area contributed by atoms with Crippen molar-refractivity contribution >= 4 is 15.9 Å². The van der Waals surface area contributed by atoms with Crippen molar-refractivity contribution in [3.8, 4) is 0 Å². The highest BCUT2D eigenvalue weighted by Gasteiger charge is 2.16. The summed E-state index contributed by atoms with van der Waals surface area (Å²) in [5.74, 6) is 0. The molecule has 1 aromatic carbocycles. The summed E-state index contributed by atoms with van der Waals surface area (Å²) >= 11 is 0. The van der Waals surface area contributed by atoms with E-state index in [1.807, 2.05) is 0 Å². The molecule has 0 saturated heterocycles. The Kier molecular flexibility index (Phi) is 6.32. The Labute approximate surface area is 136 Å². The van der Waals surface area contributed by atoms with Crippen molar-refractivity contribution in [2.24, 2.45) is 0 Å². The molecule has 0 radical (unpaired) electrons. The van der Waals surface area contributed by atoms with E-state index in [-0.39, 0.29) is 17.9 Å². The average Bonchev–Trinajstić information content (AvgIpc) is 2.41. The Hall–Kier alpha value is -1.89. The van der Waals surface area contributed by atoms with Crippen LogP contribution in [-0.4, -0.2) is 32.9 Å². The van der Waals surface area contributed by atoms with Crippen LogP contribution in [0, 0.1) is 0 Å². The lowest BCUT2D eigenvalue weighted by atomic mass is 10.1. The van der Waals surface area contributed by atoms with E-state index in [1.54, 1.807) is 32.9 Å². The zero-order valence-corrected chi connectivity index (χ0v) is 14.5. The van der Waals surface area contributed by atoms with E-state index in [4.69, 9.17) is 4.74 Å². The summed E-state index contributed by atoms with van der Waals surface area (Å²) in [6.07, 6.45) is 1.20. The zero-order valence-electron chi connectivity index (χ0n) is 13.7. The number of amides is 1. The largest absolute Gasteiger partial charge is 0.444 e. The quantitative estimate of drug-likeness (QED) is 0.892. The second-order valence-corrected chi connectivity index (χ2v) is 8.23. The molecule has 1 N–H and O–H groups in total. The van der Waals surface area contributed by atoms with Crippen LogP contribution in [0.15, 0.2) is 41.1 Å². The van der Waals surface area contributed by atoms with Crippen LogP contribution in [0.4, 0.5) is 9.18 Å². The molecule has 0 spiro atoms. The van der Waals surface area contributed by atoms with Gasteiger partial charge in [0.2, 0.25) is 0 Å². The van der Waals surface area contributed by atoms with E-state index in [1.165, 1.54) is 12.1 Å². The molecule has 0 aliphatic carbocycles. The number of carbonyl (C=O) groups excluding carboxylic acids is 1. The van der Waals surface area contributed by atoms with E-state index in [9.17, 15) is 17.6 Å². The summed E-state index contributed by atoms with van der Waals surface area (Å²) in [7, 11) is -3.25. The minimum atomic E-state index is -3.25. The van der Waals surface area contributed by atoms with E-state index in [0.717, 1.165) is 11.8 Å². The first-order valence-corrected chi connectivity index (χ1v) is 8.94. The highest BCUT2D eigenvalue weighted by Crippen LogP contribution is 2.14. The second kappa shape index (κ2) is 7.59. The van der Waals surface area contributed by atoms with Gasteiger partial charge in [-0.1, -0.05) is 12.1 Å². The van der Waals surface area contributed by atoms with Crippen molar-refractivity contribution in [3.63, 3.8) is 0 Å². The van der Waals surface area contributed by atoms with Crippen molar-refractivity contribution in [2.45, 2.75) is 37.7 Å². The standard InChI is InChI=1S/C16H22FNO4S/c1-16(2,3)22-15(19)18-11-13(10-17)9-12-5-7-14(8-6-12)23(4,20)21/h5-8,10H,9,11H2,1-4H3,(H,18,19)/b13-10-. The number of hydrogen-bond donors (Lipinski definition) is 1. The van der Waals surface area contributed by atoms with Crippen molar-refractivity contribution in [1.82, 2.24) is 5.32 Å². The molecule has 0 aliphatic rings. The molecule has 0 heterocycles. The highest BCUT2D eigenvalue weighted by atomic mass is 32.2. The van der Waals surface area contributed by atoms with Crippen molar-refractivity contribution in [1.29, 1.82) is 0 Å². The summed E-state index contributed by atoms with van der Waals surface area (Å²) in [6.45, 7) is 5.23. The summed E-state index contributed by atoms with van der Waals surface area (Å²) in [5.41, 5.74) is 0.473. The highest BCUT2D eigenvalue weighted by molar-refractivity contribution is 7.90. The summed E-state index contributed by atoms with van der Waals surface area (Å²) in [6, 6.07) is 6.18. The average molecular weight is 343 g/mol. The number of nitrogens with one attached hydrogen (secondary N) is 1. The van der Waals surface area contributed by atoms with Gasteiger partial charge in [0.1, 0.15) is 5.60 Å². The normalized spacial score (nSPS) is 12.8. The third-order valence-electron chi connectivity index (χ3n) is 2.80. The van der Waals surface area contributed by atoms with Crippen LogP contribution in [0.1, 0.15) is 26.3 Å². The van der Waals surface area contributed by atoms with E-state index >= 15 is 0 Å². The molecule has 1 rings (SSSR count). The van der Waals surface area contributed by atoms with E-state index < -0.39 is 21.5 Å². The molecule has 0 saturated carbocycles. The molecule has 0 aromatic heterocycles. The molecule has 128 valence electrons. The number of halogens is 1. The first-order chi connectivity index (χ1) is 10.5. The van der Waals surface area contributed by atoms with Gasteiger partial charge < -0.3 is 10.1 Å². The molecule has 1 amide bonds. The molecule has 1 aromatic rings. The SMILES string of the molecule is CC(C)(C)OC(=O)NC/C(=C\F)Cc1ccc(S(C)(=O)=O)cc1. The van der Waals surface area contributed by atoms with Gasteiger partial charge in [-0.3, -0.25) is 0 Å². The second-order valence-electron chi connectivity index (χ2n) is 6.22. The fraction of sp³-hybridized carbons (Fsp3) is 0.438. The summed E-state index contributed by atoms with van der Waals surface area (Å²) < 4.78 is 40.8. The van der Waals surface area contributed by atoms with Gasteiger partial charge in [-0.25, -0.2) is 17.6 Å². The van der Waals surface area contributed by atoms with Crippen molar-refractivity contribution in [2.75, 3.05) is 12.8 Å². The Bertz CT molecular complexity index is 673. The number of sulfone groups is 1. The van der Waals surface area contributed by atoms with Gasteiger partial charge in [-0.05, 0) is 50.5 Å². The lowest BCUT2D eigenvalue weighted by molar-refractivity contribution is 0.0532. The monoisotopic (exact) mass is 343 g/mol. The number of rotatable bonds is 5. The van der Waals surface area contributed by atoms with Crippen LogP contribution < -0.4 is 5.32 Å². The topological polar surface area (TPSA) is 72.5 Å². The minimum Gasteiger partial charge on any atom is -0.444 e. The lowest BCUT2D eigenvalue weighted by Gasteiger charge is -2.20. The molecule has 0 aliphatic heterocycles. The molecule has 0 bridgehead atoms. The maximum Gasteiger partial charge on any atom is 0.407 e. The van der Waals surface area contributed by atoms with Crippen molar-refractivity contribution < 1.29 is 22.3 Å². The molecule has 5 nitrogen and oxygen atoms in total. The molecule has 0 atom stereocenters. The number of benzene rings is 1. The first-order valence-electron chi connectivity index (χ1n) is 7.05. The molecular formula is C16H22FNO4S. The number of carbonyl (C=O) groups is 1. The van der Waals surface area contributed by atoms with E-state index in [0.29, 0.717) is 11.9 Å². The predicted octanol–water partition coefficient (Wildman–Crippen LogP) is 3.01. The summed E-state index contributed by atoms with van der Waals surface area (Å²) in [4.78, 5) is 11.7. The van der Waals surface area contributed by atoms with Crippen LogP contribution in [0.5, 0.6) is 0 Å². The Morgan fingerprint density at radius 3 is 2.26 bits per heavy atom. The smallest absolute Gasteiger partial charge is 0.407 e. The van der Waals surface area contributed by atoms with Gasteiger partial charge in [0.15, 0.2) is 9.84 Å². The maximum absolute atomic E-state index is 13.0. The van der Waals surface area contributed by atoms with Crippen LogP contribution in [0.3, 0.4) is 0 Å². The third kappa shape index (κ3) is 7.27. The number of hydrogen-bond acceptors (Lipinski definition) is 4. The Morgan fingerprint density at radius 2 is 1.83 bits per heavy atom. The van der Waals surface area contributed by atoms with Crippen LogP contribution >= 0.6 is 0 Å². The fourth-order valence-electron chi connectivity index (χ4n) is 1.76. The number of alkyl carbamates (subject to hydrolysis) is 1. The predicted molar refractivity (Wildman–Crippen MR) is 86.7 cm³/mol. The van der Waals surface area contributed by atoms with Gasteiger partial charge in [0.25, 0.3) is 0 Å². The summed E-state index contributed by atoms with van der Waals surface area (Å²) in [5, 5.41) is 2.48.